The third-order valence-corrected chi connectivity index (χ3v) is 3.60. The molecule has 2 aromatic rings. The van der Waals surface area contributed by atoms with E-state index in [0.29, 0.717) is 17.1 Å². The second-order valence-corrected chi connectivity index (χ2v) is 5.81. The molecule has 0 radical (unpaired) electrons. The summed E-state index contributed by atoms with van der Waals surface area (Å²) in [6, 6.07) is 13.7. The van der Waals surface area contributed by atoms with E-state index in [4.69, 9.17) is 9.47 Å². The quantitative estimate of drug-likeness (QED) is 0.766. The minimum absolute atomic E-state index is 0.371. The lowest BCUT2D eigenvalue weighted by molar-refractivity contribution is -0.128. The lowest BCUT2D eigenvalue weighted by Crippen LogP contribution is -2.47. The van der Waals surface area contributed by atoms with Crippen LogP contribution in [0, 0.1) is 0 Å². The average molecular weight is 393 g/mol. The second-order valence-electron chi connectivity index (χ2n) is 4.89. The van der Waals surface area contributed by atoms with Gasteiger partial charge in [-0.15, -0.1) is 0 Å². The van der Waals surface area contributed by atoms with E-state index in [-0.39, 0.29) is 0 Å². The second kappa shape index (κ2) is 8.35. The van der Waals surface area contributed by atoms with Gasteiger partial charge in [0, 0.05) is 10.0 Å². The summed E-state index contributed by atoms with van der Waals surface area (Å²) >= 11 is 3.33. The largest absolute Gasteiger partial charge is 0.497 e. The van der Waals surface area contributed by atoms with Crippen molar-refractivity contribution in [3.63, 3.8) is 0 Å². The molecule has 1 atom stereocenters. The predicted octanol–water partition coefficient (Wildman–Crippen LogP) is 2.69. The summed E-state index contributed by atoms with van der Waals surface area (Å²) in [7, 11) is 1.51. The molecular formula is C17H17BrN2O4. The molecule has 0 fully saturated rings. The summed E-state index contributed by atoms with van der Waals surface area (Å²) in [5.41, 5.74) is 5.05. The zero-order chi connectivity index (χ0) is 17.5. The van der Waals surface area contributed by atoms with Gasteiger partial charge < -0.3 is 9.47 Å². The van der Waals surface area contributed by atoms with Crippen molar-refractivity contribution in [3.05, 3.63) is 58.6 Å². The highest BCUT2D eigenvalue weighted by molar-refractivity contribution is 9.10. The summed E-state index contributed by atoms with van der Waals surface area (Å²) in [6.45, 7) is 1.59. The minimum atomic E-state index is -0.773. The first-order valence-corrected chi connectivity index (χ1v) is 7.95. The Morgan fingerprint density at radius 3 is 2.46 bits per heavy atom. The lowest BCUT2D eigenvalue weighted by atomic mass is 10.2. The first kappa shape index (κ1) is 17.8. The number of halogens is 1. The summed E-state index contributed by atoms with van der Waals surface area (Å²) in [5, 5.41) is 0. The van der Waals surface area contributed by atoms with Crippen molar-refractivity contribution in [2.24, 2.45) is 0 Å². The summed E-state index contributed by atoms with van der Waals surface area (Å²) in [4.78, 5) is 24.0. The van der Waals surface area contributed by atoms with E-state index in [9.17, 15) is 9.59 Å². The average Bonchev–Trinajstić information content (AvgIpc) is 2.59. The summed E-state index contributed by atoms with van der Waals surface area (Å²) < 4.78 is 11.4. The number of benzene rings is 2. The van der Waals surface area contributed by atoms with E-state index in [1.807, 2.05) is 6.07 Å². The number of ether oxygens (including phenoxy) is 2. The topological polar surface area (TPSA) is 76.7 Å². The number of nitrogens with one attached hydrogen (secondary N) is 2. The van der Waals surface area contributed by atoms with Crippen LogP contribution in [0.4, 0.5) is 0 Å². The van der Waals surface area contributed by atoms with Crippen LogP contribution in [0.1, 0.15) is 17.3 Å². The van der Waals surface area contributed by atoms with Crippen LogP contribution in [0.25, 0.3) is 0 Å². The zero-order valence-electron chi connectivity index (χ0n) is 13.2. The Morgan fingerprint density at radius 2 is 1.75 bits per heavy atom. The van der Waals surface area contributed by atoms with Crippen molar-refractivity contribution in [1.29, 1.82) is 0 Å². The van der Waals surface area contributed by atoms with Crippen LogP contribution in [0.3, 0.4) is 0 Å². The maximum atomic E-state index is 12.0. The van der Waals surface area contributed by atoms with Gasteiger partial charge in [0.15, 0.2) is 6.10 Å². The van der Waals surface area contributed by atoms with Gasteiger partial charge in [-0.05, 0) is 43.3 Å². The number of hydrogen-bond donors (Lipinski definition) is 2. The van der Waals surface area contributed by atoms with Gasteiger partial charge in [-0.1, -0.05) is 28.1 Å². The van der Waals surface area contributed by atoms with Crippen LogP contribution < -0.4 is 20.3 Å². The smallest absolute Gasteiger partial charge is 0.279 e. The number of amides is 2. The standard InChI is InChI=1S/C17H17BrN2O4/c1-11(24-15-8-4-6-13(18)10-15)16(21)19-20-17(22)12-5-3-7-14(9-12)23-2/h3-11H,1-2H3,(H,19,21)(H,20,22)/t11-/m1/s1. The normalized spacial score (nSPS) is 11.3. The fourth-order valence-corrected chi connectivity index (χ4v) is 2.23. The van der Waals surface area contributed by atoms with Crippen LogP contribution >= 0.6 is 15.9 Å². The molecule has 2 rings (SSSR count). The van der Waals surface area contributed by atoms with Crippen molar-refractivity contribution in [2.75, 3.05) is 7.11 Å². The van der Waals surface area contributed by atoms with Gasteiger partial charge in [-0.3, -0.25) is 20.4 Å². The highest BCUT2D eigenvalue weighted by Gasteiger charge is 2.16. The molecule has 0 spiro atoms. The molecule has 126 valence electrons. The van der Waals surface area contributed by atoms with Crippen LogP contribution in [0.5, 0.6) is 11.5 Å². The first-order valence-electron chi connectivity index (χ1n) is 7.16. The lowest BCUT2D eigenvalue weighted by Gasteiger charge is -2.15. The van der Waals surface area contributed by atoms with Gasteiger partial charge in [-0.2, -0.15) is 0 Å². The van der Waals surface area contributed by atoms with Crippen LogP contribution in [-0.4, -0.2) is 25.0 Å². The number of carbonyl (C=O) groups excluding carboxylic acids is 2. The molecule has 0 bridgehead atoms. The Balaban J connectivity index is 1.88. The molecule has 2 N–H and O–H groups in total. The molecule has 0 unspecified atom stereocenters. The zero-order valence-corrected chi connectivity index (χ0v) is 14.8. The number of carbonyl (C=O) groups is 2. The van der Waals surface area contributed by atoms with Gasteiger partial charge in [0.25, 0.3) is 11.8 Å². The molecule has 0 aliphatic rings. The highest BCUT2D eigenvalue weighted by atomic mass is 79.9. The van der Waals surface area contributed by atoms with Gasteiger partial charge in [0.05, 0.1) is 7.11 Å². The Labute approximate surface area is 148 Å². The van der Waals surface area contributed by atoms with Crippen LogP contribution in [-0.2, 0) is 4.79 Å². The Morgan fingerprint density at radius 1 is 1.04 bits per heavy atom. The molecule has 0 heterocycles. The van der Waals surface area contributed by atoms with E-state index < -0.39 is 17.9 Å². The number of hydrazine groups is 1. The van der Waals surface area contributed by atoms with Gasteiger partial charge >= 0.3 is 0 Å². The fourth-order valence-electron chi connectivity index (χ4n) is 1.85. The molecule has 0 aromatic heterocycles. The minimum Gasteiger partial charge on any atom is -0.497 e. The third kappa shape index (κ3) is 4.99. The summed E-state index contributed by atoms with van der Waals surface area (Å²) in [5.74, 6) is 0.189. The van der Waals surface area contributed by atoms with Crippen LogP contribution in [0.15, 0.2) is 53.0 Å². The van der Waals surface area contributed by atoms with Crippen molar-refractivity contribution in [3.8, 4) is 11.5 Å². The molecule has 0 aliphatic carbocycles. The molecule has 0 aliphatic heterocycles. The Hall–Kier alpha value is -2.54. The van der Waals surface area contributed by atoms with Crippen LogP contribution in [0.2, 0.25) is 0 Å². The van der Waals surface area contributed by atoms with E-state index in [1.165, 1.54) is 7.11 Å². The fraction of sp³-hybridized carbons (Fsp3) is 0.176. The highest BCUT2D eigenvalue weighted by Crippen LogP contribution is 2.18. The Bertz CT molecular complexity index is 736. The van der Waals surface area contributed by atoms with Gasteiger partial charge in [0.1, 0.15) is 11.5 Å². The van der Waals surface area contributed by atoms with E-state index >= 15 is 0 Å². The maximum absolute atomic E-state index is 12.0. The number of methoxy groups -OCH3 is 1. The molecule has 2 amide bonds. The van der Waals surface area contributed by atoms with Gasteiger partial charge in [-0.25, -0.2) is 0 Å². The molecule has 7 heteroatoms. The third-order valence-electron chi connectivity index (χ3n) is 3.11. The van der Waals surface area contributed by atoms with Crippen molar-refractivity contribution in [2.45, 2.75) is 13.0 Å². The van der Waals surface area contributed by atoms with E-state index in [1.54, 1.807) is 49.4 Å². The number of rotatable bonds is 5. The molecule has 0 saturated heterocycles. The maximum Gasteiger partial charge on any atom is 0.279 e. The van der Waals surface area contributed by atoms with Crippen molar-refractivity contribution >= 4 is 27.7 Å². The first-order chi connectivity index (χ1) is 11.5. The molecule has 2 aromatic carbocycles. The molecular weight excluding hydrogens is 376 g/mol. The molecule has 24 heavy (non-hydrogen) atoms. The van der Waals surface area contributed by atoms with Crippen molar-refractivity contribution < 1.29 is 19.1 Å². The van der Waals surface area contributed by atoms with Gasteiger partial charge in [0.2, 0.25) is 0 Å². The Kier molecular flexibility index (Phi) is 6.20. The van der Waals surface area contributed by atoms with E-state index in [2.05, 4.69) is 26.8 Å². The van der Waals surface area contributed by atoms with Crippen molar-refractivity contribution in [1.82, 2.24) is 10.9 Å². The predicted molar refractivity (Wildman–Crippen MR) is 92.8 cm³/mol. The molecule has 6 nitrogen and oxygen atoms in total. The SMILES string of the molecule is COc1cccc(C(=O)NNC(=O)[C@@H](C)Oc2cccc(Br)c2)c1. The summed E-state index contributed by atoms with van der Waals surface area (Å²) in [6.07, 6.45) is -0.773. The van der Waals surface area contributed by atoms with E-state index in [0.717, 1.165) is 4.47 Å². The molecule has 0 saturated carbocycles. The monoisotopic (exact) mass is 392 g/mol. The number of hydrogen-bond acceptors (Lipinski definition) is 4.